The number of nitrogens with zero attached hydrogens (tertiary/aromatic N) is 2. The lowest BCUT2D eigenvalue weighted by Crippen LogP contribution is -2.52. The molecule has 0 aromatic rings. The normalized spacial score (nSPS) is 25.8. The average molecular weight is 413 g/mol. The zero-order chi connectivity index (χ0) is 21.3. The smallest absolute Gasteiger partial charge is 0.410 e. The molecule has 2 atom stereocenters. The zero-order valence-corrected chi connectivity index (χ0v) is 18.6. The van der Waals surface area contributed by atoms with Gasteiger partial charge in [-0.1, -0.05) is 0 Å². The van der Waals surface area contributed by atoms with Crippen LogP contribution in [0.3, 0.4) is 0 Å². The van der Waals surface area contributed by atoms with E-state index in [2.05, 4.69) is 10.6 Å². The van der Waals surface area contributed by atoms with E-state index in [1.165, 1.54) is 0 Å². The molecule has 8 nitrogen and oxygen atoms in total. The van der Waals surface area contributed by atoms with Crippen molar-refractivity contribution in [2.45, 2.75) is 71.4 Å². The second-order valence-corrected chi connectivity index (χ2v) is 9.18. The Labute approximate surface area is 175 Å². The topological polar surface area (TPSA) is 95.4 Å². The largest absolute Gasteiger partial charge is 0.444 e. The van der Waals surface area contributed by atoms with Gasteiger partial charge in [0.15, 0.2) is 5.96 Å². The first-order valence-corrected chi connectivity index (χ1v) is 11.0. The van der Waals surface area contributed by atoms with Gasteiger partial charge in [0.05, 0.1) is 19.2 Å². The van der Waals surface area contributed by atoms with Crippen molar-refractivity contribution < 1.29 is 19.4 Å². The summed E-state index contributed by atoms with van der Waals surface area (Å²) in [4.78, 5) is 19.2. The number of aliphatic imine (C=N–C) groups is 1. The number of likely N-dealkylation sites (tertiary alicyclic amines) is 1. The van der Waals surface area contributed by atoms with Crippen LogP contribution in [0.5, 0.6) is 0 Å². The second-order valence-electron chi connectivity index (χ2n) is 9.18. The van der Waals surface area contributed by atoms with Gasteiger partial charge >= 0.3 is 6.09 Å². The first-order valence-electron chi connectivity index (χ1n) is 11.0. The Kier molecular flexibility index (Phi) is 9.02. The summed E-state index contributed by atoms with van der Waals surface area (Å²) >= 11 is 0. The Morgan fingerprint density at radius 3 is 2.76 bits per heavy atom. The second kappa shape index (κ2) is 11.0. The van der Waals surface area contributed by atoms with Crippen molar-refractivity contribution in [1.82, 2.24) is 15.5 Å². The third kappa shape index (κ3) is 7.66. The number of rotatable bonds is 7. The lowest BCUT2D eigenvalue weighted by atomic mass is 9.84. The lowest BCUT2D eigenvalue weighted by Gasteiger charge is -2.37. The molecule has 29 heavy (non-hydrogen) atoms. The van der Waals surface area contributed by atoms with Crippen LogP contribution >= 0.6 is 0 Å². The first kappa shape index (κ1) is 23.7. The molecule has 2 aliphatic heterocycles. The van der Waals surface area contributed by atoms with Crippen molar-refractivity contribution in [1.29, 1.82) is 0 Å². The van der Waals surface area contributed by atoms with Crippen molar-refractivity contribution in [3.8, 4) is 0 Å². The molecule has 3 N–H and O–H groups in total. The molecule has 0 spiro atoms. The molecule has 2 unspecified atom stereocenters. The molecule has 2 rings (SSSR count). The van der Waals surface area contributed by atoms with Gasteiger partial charge in [0.2, 0.25) is 0 Å². The molecule has 2 saturated heterocycles. The van der Waals surface area contributed by atoms with Crippen LogP contribution in [0.4, 0.5) is 4.79 Å². The molecule has 0 aromatic heterocycles. The number of aliphatic hydroxyl groups excluding tert-OH is 1. The molecule has 2 fully saturated rings. The monoisotopic (exact) mass is 412 g/mol. The molecular formula is C21H40N4O4. The van der Waals surface area contributed by atoms with Gasteiger partial charge in [0.1, 0.15) is 5.60 Å². The van der Waals surface area contributed by atoms with Gasteiger partial charge in [-0.05, 0) is 59.8 Å². The fraction of sp³-hybridized carbons (Fsp3) is 0.905. The number of carbonyl (C=O) groups excluding carboxylic acids is 1. The third-order valence-corrected chi connectivity index (χ3v) is 5.50. The van der Waals surface area contributed by atoms with Crippen molar-refractivity contribution in [2.75, 3.05) is 46.0 Å². The minimum Gasteiger partial charge on any atom is -0.444 e. The summed E-state index contributed by atoms with van der Waals surface area (Å²) in [5.74, 6) is 0.742. The van der Waals surface area contributed by atoms with Crippen LogP contribution in [0.25, 0.3) is 0 Å². The van der Waals surface area contributed by atoms with Gasteiger partial charge < -0.3 is 30.1 Å². The van der Waals surface area contributed by atoms with Crippen molar-refractivity contribution in [3.63, 3.8) is 0 Å². The highest BCUT2D eigenvalue weighted by Crippen LogP contribution is 2.32. The Bertz CT molecular complexity index is 541. The maximum absolute atomic E-state index is 12.6. The highest BCUT2D eigenvalue weighted by molar-refractivity contribution is 5.80. The average Bonchev–Trinajstić information content (AvgIpc) is 3.12. The van der Waals surface area contributed by atoms with E-state index < -0.39 is 5.60 Å². The molecule has 0 radical (unpaired) electrons. The highest BCUT2D eigenvalue weighted by Gasteiger charge is 2.34. The van der Waals surface area contributed by atoms with E-state index in [0.29, 0.717) is 26.1 Å². The SMILES string of the molecule is CCNC(=NCC1(CCO)CCOC1)NCC1CCCCN1C(=O)OC(C)(C)C. The highest BCUT2D eigenvalue weighted by atomic mass is 16.6. The number of carbonyl (C=O) groups is 1. The van der Waals surface area contributed by atoms with Gasteiger partial charge in [-0.25, -0.2) is 4.79 Å². The molecule has 1 amide bonds. The molecule has 0 aliphatic carbocycles. The third-order valence-electron chi connectivity index (χ3n) is 5.50. The van der Waals surface area contributed by atoms with Gasteiger partial charge in [0, 0.05) is 38.3 Å². The molecule has 168 valence electrons. The molecule has 0 saturated carbocycles. The van der Waals surface area contributed by atoms with Crippen LogP contribution in [-0.4, -0.2) is 79.7 Å². The van der Waals surface area contributed by atoms with Gasteiger partial charge in [0.25, 0.3) is 0 Å². The number of aliphatic hydroxyl groups is 1. The number of ether oxygens (including phenoxy) is 2. The molecule has 0 aromatic carbocycles. The maximum atomic E-state index is 12.6. The minimum atomic E-state index is -0.493. The predicted molar refractivity (Wildman–Crippen MR) is 114 cm³/mol. The Morgan fingerprint density at radius 2 is 2.14 bits per heavy atom. The van der Waals surface area contributed by atoms with Crippen LogP contribution in [0.2, 0.25) is 0 Å². The van der Waals surface area contributed by atoms with E-state index in [1.807, 2.05) is 32.6 Å². The summed E-state index contributed by atoms with van der Waals surface area (Å²) in [5.41, 5.74) is -0.572. The van der Waals surface area contributed by atoms with Crippen LogP contribution in [0, 0.1) is 5.41 Å². The van der Waals surface area contributed by atoms with Crippen LogP contribution in [0.1, 0.15) is 59.8 Å². The Balaban J connectivity index is 1.97. The fourth-order valence-corrected chi connectivity index (χ4v) is 3.86. The molecule has 0 bridgehead atoms. The Morgan fingerprint density at radius 1 is 1.34 bits per heavy atom. The number of guanidine groups is 1. The van der Waals surface area contributed by atoms with Crippen molar-refractivity contribution in [2.24, 2.45) is 10.4 Å². The fourth-order valence-electron chi connectivity index (χ4n) is 3.86. The minimum absolute atomic E-state index is 0.0789. The molecular weight excluding hydrogens is 372 g/mol. The number of nitrogens with one attached hydrogen (secondary N) is 2. The van der Waals surface area contributed by atoms with E-state index >= 15 is 0 Å². The summed E-state index contributed by atoms with van der Waals surface area (Å²) < 4.78 is 11.2. The quantitative estimate of drug-likeness (QED) is 0.438. The summed E-state index contributed by atoms with van der Waals surface area (Å²) in [5, 5.41) is 16.1. The maximum Gasteiger partial charge on any atom is 0.410 e. The van der Waals surface area contributed by atoms with Crippen LogP contribution < -0.4 is 10.6 Å². The lowest BCUT2D eigenvalue weighted by molar-refractivity contribution is 0.0104. The van der Waals surface area contributed by atoms with Crippen molar-refractivity contribution >= 4 is 12.1 Å². The predicted octanol–water partition coefficient (Wildman–Crippen LogP) is 2.12. The first-order chi connectivity index (χ1) is 13.8. The van der Waals surface area contributed by atoms with Gasteiger partial charge in [-0.3, -0.25) is 4.99 Å². The van der Waals surface area contributed by atoms with Gasteiger partial charge in [-0.2, -0.15) is 0 Å². The van der Waals surface area contributed by atoms with E-state index in [1.54, 1.807) is 0 Å². The molecule has 2 heterocycles. The van der Waals surface area contributed by atoms with Crippen LogP contribution in [0.15, 0.2) is 4.99 Å². The Hall–Kier alpha value is -1.54. The summed E-state index contributed by atoms with van der Waals surface area (Å²) in [6, 6.07) is 0.0867. The van der Waals surface area contributed by atoms with E-state index in [4.69, 9.17) is 14.5 Å². The van der Waals surface area contributed by atoms with Gasteiger partial charge in [-0.15, -0.1) is 0 Å². The van der Waals surface area contributed by atoms with Crippen molar-refractivity contribution in [3.05, 3.63) is 0 Å². The summed E-state index contributed by atoms with van der Waals surface area (Å²) in [6.45, 7) is 12.0. The van der Waals surface area contributed by atoms with Crippen LogP contribution in [-0.2, 0) is 9.47 Å². The number of amides is 1. The van der Waals surface area contributed by atoms with E-state index in [-0.39, 0.29) is 24.2 Å². The summed E-state index contributed by atoms with van der Waals surface area (Å²) in [7, 11) is 0. The number of hydrogen-bond donors (Lipinski definition) is 3. The van der Waals surface area contributed by atoms with E-state index in [0.717, 1.165) is 51.3 Å². The molecule has 2 aliphatic rings. The van der Waals surface area contributed by atoms with E-state index in [9.17, 15) is 9.90 Å². The summed E-state index contributed by atoms with van der Waals surface area (Å²) in [6.07, 6.45) is 4.45. The number of hydrogen-bond acceptors (Lipinski definition) is 5. The standard InChI is InChI=1S/C21H40N4O4/c1-5-22-18(24-15-21(9-12-26)10-13-28-16-21)23-14-17-8-6-7-11-25(17)19(27)29-20(2,3)4/h17,26H,5-16H2,1-4H3,(H2,22,23,24). The molecule has 8 heteroatoms. The zero-order valence-electron chi connectivity index (χ0n) is 18.6. The number of piperidine rings is 1.